The number of alkyl halides is 3. The summed E-state index contributed by atoms with van der Waals surface area (Å²) >= 11 is 0. The Bertz CT molecular complexity index is 880. The Labute approximate surface area is 148 Å². The van der Waals surface area contributed by atoms with E-state index in [0.29, 0.717) is 17.5 Å². The van der Waals surface area contributed by atoms with Crippen molar-refractivity contribution in [2.75, 3.05) is 12.4 Å². The van der Waals surface area contributed by atoms with Gasteiger partial charge in [0.25, 0.3) is 11.5 Å². The minimum Gasteiger partial charge on any atom is -0.495 e. The number of hydrogen-bond acceptors (Lipinski definition) is 3. The topological polar surface area (TPSA) is 71.2 Å². The number of hydrogen-bond donors (Lipinski definition) is 2. The quantitative estimate of drug-likeness (QED) is 0.862. The second kappa shape index (κ2) is 6.86. The fourth-order valence-electron chi connectivity index (χ4n) is 2.28. The van der Waals surface area contributed by atoms with Gasteiger partial charge in [0.15, 0.2) is 0 Å². The smallest absolute Gasteiger partial charge is 0.431 e. The van der Waals surface area contributed by atoms with Crippen LogP contribution >= 0.6 is 0 Å². The van der Waals surface area contributed by atoms with Crippen LogP contribution in [0.4, 0.5) is 18.9 Å². The van der Waals surface area contributed by atoms with E-state index in [1.54, 1.807) is 17.1 Å². The van der Waals surface area contributed by atoms with Gasteiger partial charge in [0, 0.05) is 0 Å². The van der Waals surface area contributed by atoms with E-state index in [4.69, 9.17) is 4.74 Å². The van der Waals surface area contributed by atoms with E-state index >= 15 is 0 Å². The molecule has 1 aromatic carbocycles. The molecule has 0 saturated heterocycles. The zero-order valence-electron chi connectivity index (χ0n) is 14.7. The Balaban J connectivity index is 2.37. The summed E-state index contributed by atoms with van der Waals surface area (Å²) in [6.07, 6.45) is -4.70. The van der Waals surface area contributed by atoms with Crippen LogP contribution in [-0.4, -0.2) is 18.0 Å². The van der Waals surface area contributed by atoms with E-state index in [-0.39, 0.29) is 5.41 Å². The predicted octanol–water partition coefficient (Wildman–Crippen LogP) is 3.95. The third kappa shape index (κ3) is 4.25. The molecule has 0 unspecified atom stereocenters. The first-order valence-corrected chi connectivity index (χ1v) is 7.74. The van der Waals surface area contributed by atoms with Gasteiger partial charge in [0.2, 0.25) is 0 Å². The SMILES string of the molecule is COc1ccc(C(C)(C)C)cc1NC(=O)c1ccc(C(F)(F)F)[nH]c1=O. The van der Waals surface area contributed by atoms with Gasteiger partial charge in [0.1, 0.15) is 17.0 Å². The van der Waals surface area contributed by atoms with Crippen molar-refractivity contribution in [2.24, 2.45) is 0 Å². The molecule has 26 heavy (non-hydrogen) atoms. The highest BCUT2D eigenvalue weighted by Crippen LogP contribution is 2.32. The van der Waals surface area contributed by atoms with Crippen LogP contribution in [0.25, 0.3) is 0 Å². The van der Waals surface area contributed by atoms with Crippen molar-refractivity contribution >= 4 is 11.6 Å². The molecule has 1 heterocycles. The Morgan fingerprint density at radius 1 is 1.12 bits per heavy atom. The lowest BCUT2D eigenvalue weighted by molar-refractivity contribution is -0.141. The minimum absolute atomic E-state index is 0.197. The van der Waals surface area contributed by atoms with Gasteiger partial charge in [0.05, 0.1) is 12.8 Å². The number of aromatic amines is 1. The van der Waals surface area contributed by atoms with Gasteiger partial charge in [-0.3, -0.25) is 9.59 Å². The van der Waals surface area contributed by atoms with Gasteiger partial charge in [-0.1, -0.05) is 26.8 Å². The molecule has 2 N–H and O–H groups in total. The normalized spacial score (nSPS) is 12.0. The van der Waals surface area contributed by atoms with Gasteiger partial charge in [-0.2, -0.15) is 13.2 Å². The summed E-state index contributed by atoms with van der Waals surface area (Å²) in [5.41, 5.74) is -1.73. The van der Waals surface area contributed by atoms with Crippen LogP contribution < -0.4 is 15.6 Å². The highest BCUT2D eigenvalue weighted by molar-refractivity contribution is 6.04. The van der Waals surface area contributed by atoms with E-state index in [2.05, 4.69) is 5.32 Å². The number of amides is 1. The average Bonchev–Trinajstić information content (AvgIpc) is 2.52. The Morgan fingerprint density at radius 2 is 1.77 bits per heavy atom. The molecule has 0 spiro atoms. The first-order chi connectivity index (χ1) is 11.9. The van der Waals surface area contributed by atoms with Crippen LogP contribution in [0.3, 0.4) is 0 Å². The molecule has 0 radical (unpaired) electrons. The largest absolute Gasteiger partial charge is 0.495 e. The maximum absolute atomic E-state index is 12.6. The number of halogens is 3. The van der Waals surface area contributed by atoms with Crippen LogP contribution in [0.2, 0.25) is 0 Å². The summed E-state index contributed by atoms with van der Waals surface area (Å²) in [5, 5.41) is 2.52. The third-order valence-electron chi connectivity index (χ3n) is 3.77. The first-order valence-electron chi connectivity index (χ1n) is 7.74. The molecule has 1 aromatic heterocycles. The lowest BCUT2D eigenvalue weighted by atomic mass is 9.87. The summed E-state index contributed by atoms with van der Waals surface area (Å²) in [7, 11) is 1.42. The molecule has 0 bridgehead atoms. The highest BCUT2D eigenvalue weighted by Gasteiger charge is 2.32. The number of benzene rings is 1. The molecule has 0 aliphatic rings. The lowest BCUT2D eigenvalue weighted by Gasteiger charge is -2.21. The molecule has 2 aromatic rings. The molecule has 2 rings (SSSR count). The summed E-state index contributed by atoms with van der Waals surface area (Å²) in [4.78, 5) is 25.9. The van der Waals surface area contributed by atoms with E-state index in [1.807, 2.05) is 26.8 Å². The lowest BCUT2D eigenvalue weighted by Crippen LogP contribution is -2.26. The van der Waals surface area contributed by atoms with E-state index in [1.165, 1.54) is 7.11 Å². The molecule has 8 heteroatoms. The van der Waals surface area contributed by atoms with Crippen molar-refractivity contribution in [3.63, 3.8) is 0 Å². The fraction of sp³-hybridized carbons (Fsp3) is 0.333. The molecule has 0 fully saturated rings. The minimum atomic E-state index is -4.70. The van der Waals surface area contributed by atoms with Gasteiger partial charge in [-0.05, 0) is 35.2 Å². The van der Waals surface area contributed by atoms with E-state index in [0.717, 1.165) is 11.6 Å². The van der Waals surface area contributed by atoms with Crippen LogP contribution in [0.1, 0.15) is 42.4 Å². The summed E-state index contributed by atoms with van der Waals surface area (Å²) < 4.78 is 43.0. The molecule has 0 atom stereocenters. The molecular weight excluding hydrogens is 349 g/mol. The standard InChI is InChI=1S/C18H19F3N2O3/c1-17(2,3)10-5-7-13(26-4)12(9-10)22-15(24)11-6-8-14(18(19,20)21)23-16(11)25/h5-9H,1-4H3,(H,22,24)(H,23,25). The van der Waals surface area contributed by atoms with E-state index in [9.17, 15) is 22.8 Å². The van der Waals surface area contributed by atoms with Crippen molar-refractivity contribution in [3.8, 4) is 5.75 Å². The second-order valence-corrected chi connectivity index (χ2v) is 6.73. The van der Waals surface area contributed by atoms with Gasteiger partial charge >= 0.3 is 6.18 Å². The average molecular weight is 368 g/mol. The van der Waals surface area contributed by atoms with Crippen molar-refractivity contribution in [2.45, 2.75) is 32.4 Å². The van der Waals surface area contributed by atoms with Crippen LogP contribution in [0.15, 0.2) is 35.1 Å². The maximum Gasteiger partial charge on any atom is 0.431 e. The number of carbonyl (C=O) groups excluding carboxylic acids is 1. The zero-order chi connectivity index (χ0) is 19.7. The number of methoxy groups -OCH3 is 1. The van der Waals surface area contributed by atoms with E-state index < -0.39 is 28.9 Å². The monoisotopic (exact) mass is 368 g/mol. The maximum atomic E-state index is 12.6. The number of nitrogens with one attached hydrogen (secondary N) is 2. The van der Waals surface area contributed by atoms with Crippen molar-refractivity contribution in [1.82, 2.24) is 4.98 Å². The van der Waals surface area contributed by atoms with Gasteiger partial charge < -0.3 is 15.0 Å². The molecule has 5 nitrogen and oxygen atoms in total. The number of aromatic nitrogens is 1. The third-order valence-corrected chi connectivity index (χ3v) is 3.77. The molecular formula is C18H19F3N2O3. The first kappa shape index (κ1) is 19.6. The zero-order valence-corrected chi connectivity index (χ0v) is 14.7. The second-order valence-electron chi connectivity index (χ2n) is 6.73. The van der Waals surface area contributed by atoms with Crippen molar-refractivity contribution in [3.05, 3.63) is 57.5 Å². The molecule has 0 aliphatic heterocycles. The number of ether oxygens (including phenoxy) is 1. The predicted molar refractivity (Wildman–Crippen MR) is 91.7 cm³/mol. The van der Waals surface area contributed by atoms with Gasteiger partial charge in [-0.15, -0.1) is 0 Å². The highest BCUT2D eigenvalue weighted by atomic mass is 19.4. The number of rotatable bonds is 3. The van der Waals surface area contributed by atoms with Gasteiger partial charge in [-0.25, -0.2) is 0 Å². The molecule has 140 valence electrons. The Kier molecular flexibility index (Phi) is 5.16. The fourth-order valence-corrected chi connectivity index (χ4v) is 2.28. The number of carbonyl (C=O) groups is 1. The Morgan fingerprint density at radius 3 is 2.27 bits per heavy atom. The number of pyridine rings is 1. The van der Waals surface area contributed by atoms with Crippen molar-refractivity contribution < 1.29 is 22.7 Å². The summed E-state index contributed by atoms with van der Waals surface area (Å²) in [6.45, 7) is 5.96. The molecule has 1 amide bonds. The van der Waals surface area contributed by atoms with Crippen LogP contribution in [0, 0.1) is 0 Å². The van der Waals surface area contributed by atoms with Crippen molar-refractivity contribution in [1.29, 1.82) is 0 Å². The summed E-state index contributed by atoms with van der Waals surface area (Å²) in [5.74, 6) is -0.459. The summed E-state index contributed by atoms with van der Waals surface area (Å²) in [6, 6.07) is 6.72. The molecule has 0 aliphatic carbocycles. The number of anilines is 1. The molecule has 0 saturated carbocycles. The Hall–Kier alpha value is -2.77. The number of H-pyrrole nitrogens is 1. The van der Waals surface area contributed by atoms with Crippen LogP contribution in [0.5, 0.6) is 5.75 Å². The van der Waals surface area contributed by atoms with Crippen LogP contribution in [-0.2, 0) is 11.6 Å².